The molecule has 2 aromatic rings. The topological polar surface area (TPSA) is 15.3 Å². The molecule has 106 valence electrons. The van der Waals surface area contributed by atoms with Crippen molar-refractivity contribution in [2.24, 2.45) is 5.92 Å². The Morgan fingerprint density at radius 1 is 1.20 bits per heavy atom. The molecule has 20 heavy (non-hydrogen) atoms. The molecule has 2 nitrogen and oxygen atoms in total. The molecular weight excluding hydrogens is 284 g/mol. The van der Waals surface area contributed by atoms with Crippen molar-refractivity contribution in [3.8, 4) is 0 Å². The summed E-state index contributed by atoms with van der Waals surface area (Å²) in [5.74, 6) is 0.747. The number of piperidine rings is 1. The molecule has 4 heteroatoms. The minimum absolute atomic E-state index is 0.747. The van der Waals surface area contributed by atoms with Crippen LogP contribution < -0.4 is 9.62 Å². The van der Waals surface area contributed by atoms with Gasteiger partial charge in [0.1, 0.15) is 0 Å². The molecule has 1 aliphatic rings. The number of thiophene rings is 1. The summed E-state index contributed by atoms with van der Waals surface area (Å²) in [5.41, 5.74) is 1.30. The van der Waals surface area contributed by atoms with Gasteiger partial charge in [-0.2, -0.15) is 0 Å². The van der Waals surface area contributed by atoms with Crippen LogP contribution in [0.2, 0.25) is 0 Å². The predicted molar refractivity (Wildman–Crippen MR) is 89.6 cm³/mol. The minimum Gasteiger partial charge on any atom is -0.316 e. The Hall–Kier alpha value is -0.970. The highest BCUT2D eigenvalue weighted by atomic mass is 32.2. The van der Waals surface area contributed by atoms with Crippen molar-refractivity contribution in [1.82, 2.24) is 5.32 Å². The molecule has 1 fully saturated rings. The summed E-state index contributed by atoms with van der Waals surface area (Å²) >= 11 is 3.68. The quantitative estimate of drug-likeness (QED) is 0.831. The molecule has 3 rings (SSSR count). The Labute approximate surface area is 129 Å². The minimum atomic E-state index is 0.747. The summed E-state index contributed by atoms with van der Waals surface area (Å²) in [6, 6.07) is 15.1. The number of rotatable bonds is 5. The predicted octanol–water partition coefficient (Wildman–Crippen LogP) is 4.26. The van der Waals surface area contributed by atoms with Crippen LogP contribution in [0.1, 0.15) is 12.8 Å². The van der Waals surface area contributed by atoms with Crippen LogP contribution in [0, 0.1) is 5.92 Å². The van der Waals surface area contributed by atoms with Crippen molar-refractivity contribution < 1.29 is 0 Å². The summed E-state index contributed by atoms with van der Waals surface area (Å²) < 4.78 is 3.81. The Bertz CT molecular complexity index is 492. The third-order valence-corrected chi connectivity index (χ3v) is 5.63. The molecule has 2 heterocycles. The van der Waals surface area contributed by atoms with Crippen molar-refractivity contribution in [1.29, 1.82) is 0 Å². The molecule has 1 aromatic carbocycles. The molecule has 1 aliphatic heterocycles. The van der Waals surface area contributed by atoms with E-state index in [4.69, 9.17) is 0 Å². The molecule has 1 N–H and O–H groups in total. The van der Waals surface area contributed by atoms with Crippen LogP contribution in [0.15, 0.2) is 52.1 Å². The zero-order valence-corrected chi connectivity index (χ0v) is 13.1. The van der Waals surface area contributed by atoms with Gasteiger partial charge in [-0.1, -0.05) is 24.3 Å². The maximum Gasteiger partial charge on any atom is 0.0809 e. The van der Waals surface area contributed by atoms with E-state index in [-0.39, 0.29) is 0 Å². The molecule has 1 atom stereocenters. The Morgan fingerprint density at radius 2 is 2.10 bits per heavy atom. The lowest BCUT2D eigenvalue weighted by Crippen LogP contribution is -2.36. The fraction of sp³-hybridized carbons (Fsp3) is 0.375. The van der Waals surface area contributed by atoms with Gasteiger partial charge in [-0.15, -0.1) is 11.3 Å². The highest BCUT2D eigenvalue weighted by Gasteiger charge is 2.18. The number of hydrogen-bond acceptors (Lipinski definition) is 4. The van der Waals surface area contributed by atoms with Gasteiger partial charge in [-0.05, 0) is 67.4 Å². The first-order chi connectivity index (χ1) is 9.92. The zero-order valence-electron chi connectivity index (χ0n) is 11.5. The van der Waals surface area contributed by atoms with Crippen LogP contribution in [-0.4, -0.2) is 19.6 Å². The summed E-state index contributed by atoms with van der Waals surface area (Å²) in [6.07, 6.45) is 2.64. The van der Waals surface area contributed by atoms with E-state index < -0.39 is 0 Å². The number of para-hydroxylation sites is 1. The SMILES string of the molecule is c1ccc(N(CC2CCCNC2)Sc2cccs2)cc1. The van der Waals surface area contributed by atoms with E-state index in [0.29, 0.717) is 0 Å². The molecule has 1 saturated heterocycles. The van der Waals surface area contributed by atoms with E-state index in [1.807, 2.05) is 23.3 Å². The number of benzene rings is 1. The van der Waals surface area contributed by atoms with Crippen molar-refractivity contribution in [3.63, 3.8) is 0 Å². The average molecular weight is 304 g/mol. The second kappa shape index (κ2) is 7.16. The molecule has 0 saturated carbocycles. The van der Waals surface area contributed by atoms with E-state index in [1.165, 1.54) is 29.3 Å². The Kier molecular flexibility index (Phi) is 5.01. The van der Waals surface area contributed by atoms with E-state index in [9.17, 15) is 0 Å². The molecular formula is C16H20N2S2. The lowest BCUT2D eigenvalue weighted by molar-refractivity contribution is 0.387. The first-order valence-corrected chi connectivity index (χ1v) is 8.82. The Morgan fingerprint density at radius 3 is 2.80 bits per heavy atom. The van der Waals surface area contributed by atoms with Crippen molar-refractivity contribution in [2.45, 2.75) is 17.1 Å². The number of nitrogens with one attached hydrogen (secondary N) is 1. The first-order valence-electron chi connectivity index (χ1n) is 7.16. The maximum absolute atomic E-state index is 3.52. The first kappa shape index (κ1) is 14.0. The fourth-order valence-corrected chi connectivity index (χ4v) is 4.45. The van der Waals surface area contributed by atoms with Gasteiger partial charge in [0, 0.05) is 12.2 Å². The van der Waals surface area contributed by atoms with Crippen molar-refractivity contribution >= 4 is 29.0 Å². The maximum atomic E-state index is 3.52. The third kappa shape index (κ3) is 3.78. The fourth-order valence-electron chi connectivity index (χ4n) is 2.53. The number of anilines is 1. The van der Waals surface area contributed by atoms with Gasteiger partial charge in [0.25, 0.3) is 0 Å². The van der Waals surface area contributed by atoms with E-state index in [0.717, 1.165) is 19.0 Å². The average Bonchev–Trinajstić information content (AvgIpc) is 3.02. The second-order valence-corrected chi connectivity index (χ2v) is 7.40. The van der Waals surface area contributed by atoms with Gasteiger partial charge >= 0.3 is 0 Å². The zero-order chi connectivity index (χ0) is 13.6. The van der Waals surface area contributed by atoms with Crippen LogP contribution in [0.3, 0.4) is 0 Å². The lowest BCUT2D eigenvalue weighted by Gasteiger charge is -2.30. The van der Waals surface area contributed by atoms with Gasteiger partial charge in [0.05, 0.1) is 4.21 Å². The second-order valence-electron chi connectivity index (χ2n) is 5.13. The van der Waals surface area contributed by atoms with E-state index in [1.54, 1.807) is 0 Å². The van der Waals surface area contributed by atoms with Gasteiger partial charge in [0.15, 0.2) is 0 Å². The normalized spacial score (nSPS) is 18.9. The number of hydrogen-bond donors (Lipinski definition) is 1. The van der Waals surface area contributed by atoms with Gasteiger partial charge < -0.3 is 9.62 Å². The van der Waals surface area contributed by atoms with Crippen LogP contribution in [-0.2, 0) is 0 Å². The standard InChI is InChI=1S/C16H20N2S2/c1-2-7-15(8-3-1)18(20-16-9-5-11-19-16)13-14-6-4-10-17-12-14/h1-3,5,7-9,11,14,17H,4,6,10,12-13H2. The summed E-state index contributed by atoms with van der Waals surface area (Å²) in [4.78, 5) is 0. The molecule has 0 amide bonds. The van der Waals surface area contributed by atoms with Crippen LogP contribution >= 0.6 is 23.3 Å². The van der Waals surface area contributed by atoms with Crippen LogP contribution in [0.4, 0.5) is 5.69 Å². The van der Waals surface area contributed by atoms with Crippen LogP contribution in [0.5, 0.6) is 0 Å². The van der Waals surface area contributed by atoms with Crippen LogP contribution in [0.25, 0.3) is 0 Å². The highest BCUT2D eigenvalue weighted by Crippen LogP contribution is 2.33. The summed E-state index contributed by atoms with van der Waals surface area (Å²) in [7, 11) is 0. The summed E-state index contributed by atoms with van der Waals surface area (Å²) in [5, 5.41) is 5.66. The Balaban J connectivity index is 1.72. The summed E-state index contributed by atoms with van der Waals surface area (Å²) in [6.45, 7) is 3.44. The van der Waals surface area contributed by atoms with Crippen molar-refractivity contribution in [3.05, 3.63) is 47.8 Å². The van der Waals surface area contributed by atoms with Gasteiger partial charge in [0.2, 0.25) is 0 Å². The molecule has 0 radical (unpaired) electrons. The molecule has 0 spiro atoms. The van der Waals surface area contributed by atoms with Crippen molar-refractivity contribution in [2.75, 3.05) is 23.9 Å². The van der Waals surface area contributed by atoms with E-state index in [2.05, 4.69) is 57.5 Å². The van der Waals surface area contributed by atoms with E-state index >= 15 is 0 Å². The van der Waals surface area contributed by atoms with Gasteiger partial charge in [-0.3, -0.25) is 0 Å². The number of nitrogens with zero attached hydrogens (tertiary/aromatic N) is 1. The monoisotopic (exact) mass is 304 g/mol. The molecule has 0 bridgehead atoms. The smallest absolute Gasteiger partial charge is 0.0809 e. The van der Waals surface area contributed by atoms with Gasteiger partial charge in [-0.25, -0.2) is 0 Å². The largest absolute Gasteiger partial charge is 0.316 e. The molecule has 1 aromatic heterocycles. The molecule has 0 aliphatic carbocycles. The third-order valence-electron chi connectivity index (χ3n) is 3.56. The lowest BCUT2D eigenvalue weighted by atomic mass is 10.00. The molecule has 1 unspecified atom stereocenters. The highest BCUT2D eigenvalue weighted by molar-refractivity contribution is 8.02.